The van der Waals surface area contributed by atoms with E-state index in [-0.39, 0.29) is 0 Å². The molecule has 0 aromatic carbocycles. The largest absolute Gasteiger partial charge is 0.315 e. The number of piperazine rings is 1. The van der Waals surface area contributed by atoms with E-state index in [4.69, 9.17) is 0 Å². The average molecular weight is 243 g/mol. The van der Waals surface area contributed by atoms with Crippen LogP contribution in [0.3, 0.4) is 0 Å². The Morgan fingerprint density at radius 3 is 2.75 bits per heavy atom. The molecule has 2 aliphatic heterocycles. The van der Waals surface area contributed by atoms with Gasteiger partial charge in [-0.05, 0) is 37.4 Å². The normalized spacial score (nSPS) is 28.7. The first kappa shape index (κ1) is 12.7. The van der Waals surface area contributed by atoms with E-state index in [2.05, 4.69) is 33.9 Å². The monoisotopic (exact) mass is 243 g/mol. The number of thioether (sulfide) groups is 1. The quantitative estimate of drug-likeness (QED) is 0.712. The smallest absolute Gasteiger partial charge is 0.0110 e. The minimum atomic E-state index is 0.942. The number of rotatable bonds is 5. The second-order valence-electron chi connectivity index (χ2n) is 5.08. The van der Waals surface area contributed by atoms with Crippen molar-refractivity contribution in [1.29, 1.82) is 0 Å². The Hall–Kier alpha value is 0.230. The highest BCUT2D eigenvalue weighted by Gasteiger charge is 2.15. The van der Waals surface area contributed by atoms with Crippen molar-refractivity contribution in [3.8, 4) is 0 Å². The van der Waals surface area contributed by atoms with Gasteiger partial charge in [-0.25, -0.2) is 0 Å². The fourth-order valence-electron chi connectivity index (χ4n) is 2.36. The van der Waals surface area contributed by atoms with Gasteiger partial charge in [-0.3, -0.25) is 4.90 Å². The Morgan fingerprint density at radius 2 is 2.06 bits per heavy atom. The van der Waals surface area contributed by atoms with Gasteiger partial charge in [0.25, 0.3) is 0 Å². The highest BCUT2D eigenvalue weighted by Crippen LogP contribution is 2.22. The molecular weight excluding hydrogens is 218 g/mol. The molecule has 2 rings (SSSR count). The van der Waals surface area contributed by atoms with E-state index in [1.165, 1.54) is 63.7 Å². The predicted octanol–water partition coefficient (Wildman–Crippen LogP) is 0.577. The van der Waals surface area contributed by atoms with Crippen LogP contribution >= 0.6 is 11.8 Å². The minimum absolute atomic E-state index is 0.942. The molecule has 0 aromatic heterocycles. The molecule has 2 heterocycles. The van der Waals surface area contributed by atoms with Crippen molar-refractivity contribution in [2.75, 3.05) is 64.4 Å². The lowest BCUT2D eigenvalue weighted by molar-refractivity contribution is 0.154. The third-order valence-electron chi connectivity index (χ3n) is 3.66. The van der Waals surface area contributed by atoms with Crippen molar-refractivity contribution in [3.05, 3.63) is 0 Å². The number of likely N-dealkylation sites (N-methyl/N-ethyl adjacent to an activating group) is 1. The summed E-state index contributed by atoms with van der Waals surface area (Å²) in [4.78, 5) is 5.00. The molecule has 4 heteroatoms. The minimum Gasteiger partial charge on any atom is -0.315 e. The van der Waals surface area contributed by atoms with Crippen LogP contribution in [0.5, 0.6) is 0 Å². The molecule has 2 saturated heterocycles. The van der Waals surface area contributed by atoms with E-state index in [9.17, 15) is 0 Å². The molecule has 0 radical (unpaired) electrons. The molecule has 1 unspecified atom stereocenters. The maximum atomic E-state index is 3.62. The third kappa shape index (κ3) is 4.24. The first-order chi connectivity index (χ1) is 7.84. The Kier molecular flexibility index (Phi) is 5.42. The lowest BCUT2D eigenvalue weighted by Gasteiger charge is -2.32. The standard InChI is InChI=1S/C12H25N3S/c1-14-5-7-15(8-6-14)4-3-13-10-12-2-9-16-11-12/h12-13H,2-11H2,1H3. The van der Waals surface area contributed by atoms with Crippen LogP contribution in [0, 0.1) is 5.92 Å². The second-order valence-corrected chi connectivity index (χ2v) is 6.23. The maximum Gasteiger partial charge on any atom is 0.0110 e. The Bertz CT molecular complexity index is 187. The van der Waals surface area contributed by atoms with Crippen LogP contribution in [0.15, 0.2) is 0 Å². The third-order valence-corrected chi connectivity index (χ3v) is 4.89. The van der Waals surface area contributed by atoms with Gasteiger partial charge in [0.2, 0.25) is 0 Å². The van der Waals surface area contributed by atoms with Gasteiger partial charge in [-0.15, -0.1) is 0 Å². The molecule has 0 amide bonds. The number of hydrogen-bond acceptors (Lipinski definition) is 4. The van der Waals surface area contributed by atoms with Gasteiger partial charge >= 0.3 is 0 Å². The molecule has 3 nitrogen and oxygen atoms in total. The second kappa shape index (κ2) is 6.84. The summed E-state index contributed by atoms with van der Waals surface area (Å²) in [5.74, 6) is 3.70. The molecule has 0 aromatic rings. The lowest BCUT2D eigenvalue weighted by atomic mass is 10.1. The molecular formula is C12H25N3S. The highest BCUT2D eigenvalue weighted by molar-refractivity contribution is 7.99. The summed E-state index contributed by atoms with van der Waals surface area (Å²) in [6.45, 7) is 8.60. The Balaban J connectivity index is 1.48. The van der Waals surface area contributed by atoms with E-state index in [1.54, 1.807) is 0 Å². The van der Waals surface area contributed by atoms with Crippen LogP contribution in [0.2, 0.25) is 0 Å². The summed E-state index contributed by atoms with van der Waals surface area (Å²) in [6, 6.07) is 0. The highest BCUT2D eigenvalue weighted by atomic mass is 32.2. The van der Waals surface area contributed by atoms with Crippen LogP contribution in [-0.2, 0) is 0 Å². The van der Waals surface area contributed by atoms with Crippen molar-refractivity contribution in [2.45, 2.75) is 6.42 Å². The number of nitrogens with one attached hydrogen (secondary N) is 1. The molecule has 0 aliphatic carbocycles. The Labute approximate surface area is 104 Å². The van der Waals surface area contributed by atoms with Gasteiger partial charge in [-0.2, -0.15) is 11.8 Å². The molecule has 2 fully saturated rings. The summed E-state index contributed by atoms with van der Waals surface area (Å²) < 4.78 is 0. The predicted molar refractivity (Wildman–Crippen MR) is 72.2 cm³/mol. The molecule has 1 atom stereocenters. The lowest BCUT2D eigenvalue weighted by Crippen LogP contribution is -2.46. The van der Waals surface area contributed by atoms with Crippen molar-refractivity contribution in [2.24, 2.45) is 5.92 Å². The van der Waals surface area contributed by atoms with Crippen LogP contribution in [0.4, 0.5) is 0 Å². The SMILES string of the molecule is CN1CCN(CCNCC2CCSC2)CC1. The molecule has 2 aliphatic rings. The van der Waals surface area contributed by atoms with E-state index in [1.807, 2.05) is 0 Å². The van der Waals surface area contributed by atoms with E-state index in [0.717, 1.165) is 5.92 Å². The topological polar surface area (TPSA) is 18.5 Å². The van der Waals surface area contributed by atoms with Gasteiger partial charge in [0, 0.05) is 39.3 Å². The summed E-state index contributed by atoms with van der Waals surface area (Å²) in [5, 5.41) is 3.62. The zero-order valence-corrected chi connectivity index (χ0v) is 11.3. The van der Waals surface area contributed by atoms with Gasteiger partial charge in [-0.1, -0.05) is 0 Å². The fraction of sp³-hybridized carbons (Fsp3) is 1.00. The van der Waals surface area contributed by atoms with Crippen molar-refractivity contribution < 1.29 is 0 Å². The van der Waals surface area contributed by atoms with Gasteiger partial charge in [0.15, 0.2) is 0 Å². The zero-order chi connectivity index (χ0) is 11.2. The van der Waals surface area contributed by atoms with Gasteiger partial charge in [0.1, 0.15) is 0 Å². The molecule has 16 heavy (non-hydrogen) atoms. The van der Waals surface area contributed by atoms with E-state index < -0.39 is 0 Å². The molecule has 0 saturated carbocycles. The molecule has 0 bridgehead atoms. The van der Waals surface area contributed by atoms with Crippen LogP contribution in [-0.4, -0.2) is 74.2 Å². The zero-order valence-electron chi connectivity index (χ0n) is 10.5. The van der Waals surface area contributed by atoms with E-state index in [0.29, 0.717) is 0 Å². The summed E-state index contributed by atoms with van der Waals surface area (Å²) in [7, 11) is 2.22. The van der Waals surface area contributed by atoms with E-state index >= 15 is 0 Å². The number of nitrogens with zero attached hydrogens (tertiary/aromatic N) is 2. The van der Waals surface area contributed by atoms with Crippen molar-refractivity contribution >= 4 is 11.8 Å². The van der Waals surface area contributed by atoms with Crippen molar-refractivity contribution in [3.63, 3.8) is 0 Å². The summed E-state index contributed by atoms with van der Waals surface area (Å²) >= 11 is 2.11. The first-order valence-electron chi connectivity index (χ1n) is 6.54. The Morgan fingerprint density at radius 1 is 1.25 bits per heavy atom. The van der Waals surface area contributed by atoms with Crippen molar-refractivity contribution in [1.82, 2.24) is 15.1 Å². The van der Waals surface area contributed by atoms with Gasteiger partial charge < -0.3 is 10.2 Å². The average Bonchev–Trinajstić information content (AvgIpc) is 2.80. The van der Waals surface area contributed by atoms with Crippen LogP contribution in [0.1, 0.15) is 6.42 Å². The fourth-order valence-corrected chi connectivity index (χ4v) is 3.64. The summed E-state index contributed by atoms with van der Waals surface area (Å²) in [6.07, 6.45) is 1.42. The molecule has 94 valence electrons. The summed E-state index contributed by atoms with van der Waals surface area (Å²) in [5.41, 5.74) is 0. The maximum absolute atomic E-state index is 3.62. The number of hydrogen-bond donors (Lipinski definition) is 1. The van der Waals surface area contributed by atoms with Gasteiger partial charge in [0.05, 0.1) is 0 Å². The molecule has 0 spiro atoms. The van der Waals surface area contributed by atoms with Crippen LogP contribution < -0.4 is 5.32 Å². The van der Waals surface area contributed by atoms with Crippen LogP contribution in [0.25, 0.3) is 0 Å². The first-order valence-corrected chi connectivity index (χ1v) is 7.69. The molecule has 1 N–H and O–H groups in total.